The SMILES string of the molecule is COC(=O)c1coc(CNc2cccc(S(N)(=O)=O)c2)c1. The van der Waals surface area contributed by atoms with Crippen LogP contribution in [0.4, 0.5) is 5.69 Å². The van der Waals surface area contributed by atoms with Gasteiger partial charge in [0, 0.05) is 5.69 Å². The number of hydrogen-bond acceptors (Lipinski definition) is 6. The Morgan fingerprint density at radius 3 is 2.81 bits per heavy atom. The van der Waals surface area contributed by atoms with E-state index in [1.807, 2.05) is 0 Å². The molecule has 2 rings (SSSR count). The number of anilines is 1. The third-order valence-electron chi connectivity index (χ3n) is 2.70. The summed E-state index contributed by atoms with van der Waals surface area (Å²) in [5.41, 5.74) is 0.880. The largest absolute Gasteiger partial charge is 0.467 e. The maximum atomic E-state index is 11.3. The van der Waals surface area contributed by atoms with Crippen LogP contribution in [0.15, 0.2) is 45.9 Å². The molecule has 0 fully saturated rings. The Bertz CT molecular complexity index is 751. The average molecular weight is 310 g/mol. The Kier molecular flexibility index (Phi) is 4.29. The van der Waals surface area contributed by atoms with Crippen molar-refractivity contribution >= 4 is 21.7 Å². The van der Waals surface area contributed by atoms with Gasteiger partial charge in [0.15, 0.2) is 0 Å². The molecule has 1 heterocycles. The molecule has 112 valence electrons. The van der Waals surface area contributed by atoms with Gasteiger partial charge in [0.05, 0.1) is 24.1 Å². The summed E-state index contributed by atoms with van der Waals surface area (Å²) in [6.07, 6.45) is 1.30. The van der Waals surface area contributed by atoms with Gasteiger partial charge in [-0.1, -0.05) is 6.07 Å². The van der Waals surface area contributed by atoms with E-state index >= 15 is 0 Å². The van der Waals surface area contributed by atoms with Crippen molar-refractivity contribution in [2.75, 3.05) is 12.4 Å². The molecular formula is C13H14N2O5S. The summed E-state index contributed by atoms with van der Waals surface area (Å²) in [6, 6.07) is 7.63. The van der Waals surface area contributed by atoms with Crippen LogP contribution >= 0.6 is 0 Å². The summed E-state index contributed by atoms with van der Waals surface area (Å²) < 4.78 is 32.3. The van der Waals surface area contributed by atoms with E-state index < -0.39 is 16.0 Å². The second kappa shape index (κ2) is 5.98. The van der Waals surface area contributed by atoms with Crippen molar-refractivity contribution in [2.24, 2.45) is 5.14 Å². The van der Waals surface area contributed by atoms with E-state index in [1.54, 1.807) is 18.2 Å². The monoisotopic (exact) mass is 310 g/mol. The third kappa shape index (κ3) is 3.83. The van der Waals surface area contributed by atoms with E-state index in [9.17, 15) is 13.2 Å². The summed E-state index contributed by atoms with van der Waals surface area (Å²) in [7, 11) is -2.46. The molecule has 1 aromatic heterocycles. The average Bonchev–Trinajstić information content (AvgIpc) is 2.92. The first-order valence-corrected chi connectivity index (χ1v) is 7.47. The maximum Gasteiger partial charge on any atom is 0.341 e. The van der Waals surface area contributed by atoms with E-state index in [0.29, 0.717) is 17.0 Å². The fourth-order valence-electron chi connectivity index (χ4n) is 1.67. The quantitative estimate of drug-likeness (QED) is 0.806. The molecule has 0 radical (unpaired) electrons. The zero-order valence-electron chi connectivity index (χ0n) is 11.2. The minimum absolute atomic E-state index is 0.0159. The number of esters is 1. The van der Waals surface area contributed by atoms with Crippen LogP contribution in [0.3, 0.4) is 0 Å². The Morgan fingerprint density at radius 2 is 2.14 bits per heavy atom. The summed E-state index contributed by atoms with van der Waals surface area (Å²) in [5.74, 6) is 0.0256. The smallest absolute Gasteiger partial charge is 0.341 e. The van der Waals surface area contributed by atoms with Gasteiger partial charge in [0.25, 0.3) is 0 Å². The number of sulfonamides is 1. The Hall–Kier alpha value is -2.32. The van der Waals surface area contributed by atoms with Crippen LogP contribution in [0.2, 0.25) is 0 Å². The Labute approximate surface area is 121 Å². The fourth-order valence-corrected chi connectivity index (χ4v) is 2.23. The number of nitrogens with one attached hydrogen (secondary N) is 1. The van der Waals surface area contributed by atoms with Gasteiger partial charge in [-0.2, -0.15) is 0 Å². The highest BCUT2D eigenvalue weighted by atomic mass is 32.2. The number of nitrogens with two attached hydrogens (primary N) is 1. The molecule has 0 amide bonds. The first kappa shape index (κ1) is 15.1. The molecule has 0 saturated carbocycles. The topological polar surface area (TPSA) is 112 Å². The van der Waals surface area contributed by atoms with Crippen LogP contribution in [-0.4, -0.2) is 21.5 Å². The number of furan rings is 1. The van der Waals surface area contributed by atoms with E-state index in [0.717, 1.165) is 0 Å². The number of carbonyl (C=O) groups is 1. The molecular weight excluding hydrogens is 296 g/mol. The van der Waals surface area contributed by atoms with Crippen LogP contribution < -0.4 is 10.5 Å². The van der Waals surface area contributed by atoms with Crippen molar-refractivity contribution in [3.05, 3.63) is 47.9 Å². The molecule has 0 atom stereocenters. The van der Waals surface area contributed by atoms with Crippen molar-refractivity contribution in [1.82, 2.24) is 0 Å². The number of rotatable bonds is 5. The van der Waals surface area contributed by atoms with Crippen LogP contribution in [0, 0.1) is 0 Å². The normalized spacial score (nSPS) is 11.1. The molecule has 2 aromatic rings. The first-order chi connectivity index (χ1) is 9.90. The highest BCUT2D eigenvalue weighted by molar-refractivity contribution is 7.89. The predicted molar refractivity (Wildman–Crippen MR) is 75.2 cm³/mol. The van der Waals surface area contributed by atoms with E-state index in [4.69, 9.17) is 9.56 Å². The molecule has 0 saturated heterocycles. The van der Waals surface area contributed by atoms with Crippen LogP contribution in [-0.2, 0) is 21.3 Å². The van der Waals surface area contributed by atoms with E-state index in [-0.39, 0.29) is 11.4 Å². The van der Waals surface area contributed by atoms with Crippen molar-refractivity contribution in [3.8, 4) is 0 Å². The predicted octanol–water partition coefficient (Wildman–Crippen LogP) is 1.33. The van der Waals surface area contributed by atoms with Crippen molar-refractivity contribution in [3.63, 3.8) is 0 Å². The van der Waals surface area contributed by atoms with Gasteiger partial charge < -0.3 is 14.5 Å². The molecule has 8 heteroatoms. The van der Waals surface area contributed by atoms with Gasteiger partial charge in [-0.05, 0) is 24.3 Å². The van der Waals surface area contributed by atoms with Crippen molar-refractivity contribution in [1.29, 1.82) is 0 Å². The lowest BCUT2D eigenvalue weighted by Gasteiger charge is -2.05. The van der Waals surface area contributed by atoms with Crippen molar-refractivity contribution < 1.29 is 22.4 Å². The number of primary sulfonamides is 1. The second-order valence-electron chi connectivity index (χ2n) is 4.22. The molecule has 0 aliphatic carbocycles. The standard InChI is InChI=1S/C13H14N2O5S/c1-19-13(16)9-5-11(20-8-9)7-15-10-3-2-4-12(6-10)21(14,17)18/h2-6,8,15H,7H2,1H3,(H2,14,17,18). The molecule has 0 bridgehead atoms. The number of benzene rings is 1. The number of methoxy groups -OCH3 is 1. The molecule has 7 nitrogen and oxygen atoms in total. The lowest BCUT2D eigenvalue weighted by Crippen LogP contribution is -2.12. The van der Waals surface area contributed by atoms with Crippen LogP contribution in [0.5, 0.6) is 0 Å². The van der Waals surface area contributed by atoms with Gasteiger partial charge in [-0.3, -0.25) is 0 Å². The lowest BCUT2D eigenvalue weighted by atomic mass is 10.3. The minimum Gasteiger partial charge on any atom is -0.467 e. The van der Waals surface area contributed by atoms with Crippen LogP contribution in [0.25, 0.3) is 0 Å². The number of hydrogen-bond donors (Lipinski definition) is 2. The van der Waals surface area contributed by atoms with Gasteiger partial charge in [0.2, 0.25) is 10.0 Å². The summed E-state index contributed by atoms with van der Waals surface area (Å²) in [6.45, 7) is 0.283. The van der Waals surface area contributed by atoms with Gasteiger partial charge in [-0.25, -0.2) is 18.4 Å². The minimum atomic E-state index is -3.74. The molecule has 0 spiro atoms. The number of ether oxygens (including phenoxy) is 1. The molecule has 3 N–H and O–H groups in total. The van der Waals surface area contributed by atoms with Crippen molar-refractivity contribution in [2.45, 2.75) is 11.4 Å². The Balaban J connectivity index is 2.07. The first-order valence-electron chi connectivity index (χ1n) is 5.92. The molecule has 21 heavy (non-hydrogen) atoms. The summed E-state index contributed by atoms with van der Waals surface area (Å²) in [5, 5.41) is 8.04. The number of carbonyl (C=O) groups excluding carboxylic acids is 1. The summed E-state index contributed by atoms with van der Waals surface area (Å²) in [4.78, 5) is 11.3. The van der Waals surface area contributed by atoms with Gasteiger partial charge in [-0.15, -0.1) is 0 Å². The second-order valence-corrected chi connectivity index (χ2v) is 5.78. The molecule has 0 aliphatic rings. The molecule has 1 aromatic carbocycles. The summed E-state index contributed by atoms with van der Waals surface area (Å²) >= 11 is 0. The fraction of sp³-hybridized carbons (Fsp3) is 0.154. The zero-order chi connectivity index (χ0) is 15.5. The van der Waals surface area contributed by atoms with Gasteiger partial charge in [0.1, 0.15) is 12.0 Å². The zero-order valence-corrected chi connectivity index (χ0v) is 12.0. The van der Waals surface area contributed by atoms with E-state index in [1.165, 1.54) is 25.5 Å². The third-order valence-corrected chi connectivity index (χ3v) is 3.62. The highest BCUT2D eigenvalue weighted by Gasteiger charge is 2.11. The van der Waals surface area contributed by atoms with E-state index in [2.05, 4.69) is 10.1 Å². The highest BCUT2D eigenvalue weighted by Crippen LogP contribution is 2.16. The maximum absolute atomic E-state index is 11.3. The lowest BCUT2D eigenvalue weighted by molar-refractivity contribution is 0.0600. The van der Waals surface area contributed by atoms with Crippen LogP contribution in [0.1, 0.15) is 16.1 Å². The molecule has 0 aliphatic heterocycles. The Morgan fingerprint density at radius 1 is 1.38 bits per heavy atom. The molecule has 0 unspecified atom stereocenters. The van der Waals surface area contributed by atoms with Gasteiger partial charge >= 0.3 is 5.97 Å².